The number of ketones is 1. The molecule has 23 heavy (non-hydrogen) atoms. The number of rotatable bonds is 5. The molecule has 3 saturated carbocycles. The molecule has 0 aliphatic heterocycles. The van der Waals surface area contributed by atoms with Crippen LogP contribution in [0, 0.1) is 23.2 Å². The lowest BCUT2D eigenvalue weighted by Crippen LogP contribution is -2.65. The standard InChI is InChI=1S/C19H31NO3/c1-4-19(5-2)15(11-16(19)23-3)20-18(22)14-9-12-7-6-8-13(10-14)17(12)21/h12-16H,4-11H2,1-3H3,(H,20,22)/t12-,13+,14?,15-,16+/m0/s1. The van der Waals surface area contributed by atoms with Crippen LogP contribution in [-0.2, 0) is 14.3 Å². The van der Waals surface area contributed by atoms with Gasteiger partial charge in [-0.25, -0.2) is 0 Å². The van der Waals surface area contributed by atoms with Crippen LogP contribution in [0.15, 0.2) is 0 Å². The Morgan fingerprint density at radius 2 is 1.78 bits per heavy atom. The van der Waals surface area contributed by atoms with Gasteiger partial charge in [0.1, 0.15) is 5.78 Å². The highest BCUT2D eigenvalue weighted by molar-refractivity contribution is 5.88. The van der Waals surface area contributed by atoms with E-state index in [0.29, 0.717) is 5.78 Å². The molecule has 0 radical (unpaired) electrons. The van der Waals surface area contributed by atoms with Crippen molar-refractivity contribution in [3.63, 3.8) is 0 Å². The molecular weight excluding hydrogens is 290 g/mol. The van der Waals surface area contributed by atoms with E-state index in [0.717, 1.165) is 51.4 Å². The fraction of sp³-hybridized carbons (Fsp3) is 0.895. The van der Waals surface area contributed by atoms with Crippen molar-refractivity contribution in [2.75, 3.05) is 7.11 Å². The van der Waals surface area contributed by atoms with E-state index in [-0.39, 0.29) is 41.2 Å². The van der Waals surface area contributed by atoms with E-state index in [1.807, 2.05) is 0 Å². The summed E-state index contributed by atoms with van der Waals surface area (Å²) < 4.78 is 5.62. The van der Waals surface area contributed by atoms with E-state index in [4.69, 9.17) is 4.74 Å². The second-order valence-corrected chi connectivity index (χ2v) is 7.86. The molecule has 0 aromatic rings. The van der Waals surface area contributed by atoms with Gasteiger partial charge in [0.15, 0.2) is 0 Å². The van der Waals surface area contributed by atoms with Crippen molar-refractivity contribution < 1.29 is 14.3 Å². The van der Waals surface area contributed by atoms with Crippen LogP contribution in [0.5, 0.6) is 0 Å². The van der Waals surface area contributed by atoms with Crippen molar-refractivity contribution in [2.45, 2.75) is 77.4 Å². The van der Waals surface area contributed by atoms with Crippen LogP contribution < -0.4 is 5.32 Å². The Kier molecular flexibility index (Phi) is 4.82. The molecule has 3 fully saturated rings. The lowest BCUT2D eigenvalue weighted by Gasteiger charge is -2.55. The van der Waals surface area contributed by atoms with E-state index >= 15 is 0 Å². The number of methoxy groups -OCH3 is 1. The highest BCUT2D eigenvalue weighted by Gasteiger charge is 2.54. The lowest BCUT2D eigenvalue weighted by atomic mass is 9.58. The molecule has 0 saturated heterocycles. The Bertz CT molecular complexity index is 455. The second kappa shape index (κ2) is 6.54. The first-order chi connectivity index (χ1) is 11.1. The van der Waals surface area contributed by atoms with E-state index in [1.54, 1.807) is 7.11 Å². The van der Waals surface area contributed by atoms with Crippen molar-refractivity contribution in [2.24, 2.45) is 23.2 Å². The maximum atomic E-state index is 12.8. The molecule has 5 atom stereocenters. The number of carbonyl (C=O) groups is 2. The van der Waals surface area contributed by atoms with Gasteiger partial charge in [-0.15, -0.1) is 0 Å². The molecular formula is C19H31NO3. The highest BCUT2D eigenvalue weighted by atomic mass is 16.5. The summed E-state index contributed by atoms with van der Waals surface area (Å²) in [4.78, 5) is 25.0. The van der Waals surface area contributed by atoms with Crippen LogP contribution in [0.2, 0.25) is 0 Å². The number of ether oxygens (including phenoxy) is 1. The summed E-state index contributed by atoms with van der Waals surface area (Å²) in [5, 5.41) is 3.32. The Labute approximate surface area is 139 Å². The molecule has 1 amide bonds. The molecule has 4 heteroatoms. The molecule has 3 aliphatic rings. The maximum Gasteiger partial charge on any atom is 0.223 e. The molecule has 2 bridgehead atoms. The summed E-state index contributed by atoms with van der Waals surface area (Å²) in [5.74, 6) is 0.943. The van der Waals surface area contributed by atoms with Crippen LogP contribution in [0.3, 0.4) is 0 Å². The molecule has 0 aromatic carbocycles. The largest absolute Gasteiger partial charge is 0.381 e. The van der Waals surface area contributed by atoms with Crippen LogP contribution in [0.4, 0.5) is 0 Å². The Balaban J connectivity index is 1.63. The fourth-order valence-corrected chi connectivity index (χ4v) is 5.46. The molecule has 4 nitrogen and oxygen atoms in total. The monoisotopic (exact) mass is 321 g/mol. The van der Waals surface area contributed by atoms with Crippen LogP contribution in [0.25, 0.3) is 0 Å². The zero-order valence-corrected chi connectivity index (χ0v) is 14.8. The summed E-state index contributed by atoms with van der Waals surface area (Å²) >= 11 is 0. The maximum absolute atomic E-state index is 12.8. The molecule has 0 aromatic heterocycles. The summed E-state index contributed by atoms with van der Waals surface area (Å²) in [6.45, 7) is 4.38. The summed E-state index contributed by atoms with van der Waals surface area (Å²) in [7, 11) is 1.77. The second-order valence-electron chi connectivity index (χ2n) is 7.86. The van der Waals surface area contributed by atoms with Gasteiger partial charge in [-0.1, -0.05) is 20.3 Å². The average molecular weight is 321 g/mol. The third kappa shape index (κ3) is 2.73. The average Bonchev–Trinajstić information content (AvgIpc) is 2.52. The van der Waals surface area contributed by atoms with E-state index < -0.39 is 0 Å². The summed E-state index contributed by atoms with van der Waals surface area (Å²) in [5.41, 5.74) is 0.0881. The van der Waals surface area contributed by atoms with E-state index in [1.165, 1.54) is 0 Å². The van der Waals surface area contributed by atoms with E-state index in [9.17, 15) is 9.59 Å². The zero-order chi connectivity index (χ0) is 16.6. The van der Waals surface area contributed by atoms with Crippen molar-refractivity contribution in [1.82, 2.24) is 5.32 Å². The van der Waals surface area contributed by atoms with Gasteiger partial charge < -0.3 is 10.1 Å². The number of Topliss-reactive ketones (excluding diaryl/α,β-unsaturated/α-hetero) is 1. The topological polar surface area (TPSA) is 55.4 Å². The molecule has 0 spiro atoms. The van der Waals surface area contributed by atoms with Gasteiger partial charge in [0.25, 0.3) is 0 Å². The van der Waals surface area contributed by atoms with Gasteiger partial charge in [0.2, 0.25) is 5.91 Å². The highest BCUT2D eigenvalue weighted by Crippen LogP contribution is 2.49. The Hall–Kier alpha value is -0.900. The van der Waals surface area contributed by atoms with E-state index in [2.05, 4.69) is 19.2 Å². The fourth-order valence-electron chi connectivity index (χ4n) is 5.46. The van der Waals surface area contributed by atoms with Gasteiger partial charge in [-0.2, -0.15) is 0 Å². The van der Waals surface area contributed by atoms with Gasteiger partial charge in [0.05, 0.1) is 6.10 Å². The number of carbonyl (C=O) groups excluding carboxylic acids is 2. The predicted octanol–water partition coefficient (Wildman–Crippen LogP) is 3.09. The molecule has 1 unspecified atom stereocenters. The number of nitrogens with one attached hydrogen (secondary N) is 1. The Morgan fingerprint density at radius 3 is 2.30 bits per heavy atom. The smallest absolute Gasteiger partial charge is 0.223 e. The zero-order valence-electron chi connectivity index (χ0n) is 14.8. The lowest BCUT2D eigenvalue weighted by molar-refractivity contribution is -0.147. The summed E-state index contributed by atoms with van der Waals surface area (Å²) in [6, 6.07) is 0.229. The molecule has 3 aliphatic carbocycles. The molecule has 1 N–H and O–H groups in total. The minimum Gasteiger partial charge on any atom is -0.381 e. The third-order valence-corrected chi connectivity index (χ3v) is 7.12. The molecule has 3 rings (SSSR count). The predicted molar refractivity (Wildman–Crippen MR) is 88.9 cm³/mol. The minimum absolute atomic E-state index is 0.0380. The quantitative estimate of drug-likeness (QED) is 0.846. The number of fused-ring (bicyclic) bond motifs is 2. The third-order valence-electron chi connectivity index (χ3n) is 7.12. The first kappa shape index (κ1) is 16.9. The van der Waals surface area contributed by atoms with Crippen LogP contribution in [0.1, 0.15) is 65.2 Å². The van der Waals surface area contributed by atoms with Crippen molar-refractivity contribution >= 4 is 11.7 Å². The van der Waals surface area contributed by atoms with Gasteiger partial charge >= 0.3 is 0 Å². The number of hydrogen-bond donors (Lipinski definition) is 1. The number of amides is 1. The van der Waals surface area contributed by atoms with Gasteiger partial charge in [-0.05, 0) is 44.9 Å². The Morgan fingerprint density at radius 1 is 1.17 bits per heavy atom. The molecule has 130 valence electrons. The first-order valence-corrected chi connectivity index (χ1v) is 9.42. The van der Waals surface area contributed by atoms with Gasteiger partial charge in [0, 0.05) is 36.3 Å². The first-order valence-electron chi connectivity index (χ1n) is 9.42. The van der Waals surface area contributed by atoms with Crippen LogP contribution in [-0.4, -0.2) is 30.9 Å². The van der Waals surface area contributed by atoms with Crippen molar-refractivity contribution in [1.29, 1.82) is 0 Å². The SMILES string of the molecule is CCC1(CC)[C@@H](NC(=O)C2C[C@H]3CCC[C@@H](C2)C3=O)C[C@H]1OC. The molecule has 0 heterocycles. The number of hydrogen-bond acceptors (Lipinski definition) is 3. The summed E-state index contributed by atoms with van der Waals surface area (Å²) in [6.07, 6.45) is 7.91. The van der Waals surface area contributed by atoms with Crippen LogP contribution >= 0.6 is 0 Å². The normalized spacial score (nSPS) is 38.7. The minimum atomic E-state index is 0.0380. The van der Waals surface area contributed by atoms with Crippen molar-refractivity contribution in [3.8, 4) is 0 Å². The van der Waals surface area contributed by atoms with Crippen molar-refractivity contribution in [3.05, 3.63) is 0 Å². The van der Waals surface area contributed by atoms with Gasteiger partial charge in [-0.3, -0.25) is 9.59 Å².